The zero-order chi connectivity index (χ0) is 9.07. The summed E-state index contributed by atoms with van der Waals surface area (Å²) in [6.45, 7) is 6.12. The number of hydrogen-bond acceptors (Lipinski definition) is 0. The molecule has 1 radical (unpaired) electrons. The van der Waals surface area contributed by atoms with Gasteiger partial charge in [0.25, 0.3) is 0 Å². The first kappa shape index (κ1) is 26.5. The first-order chi connectivity index (χ1) is 5.91. The molecule has 0 saturated heterocycles. The van der Waals surface area contributed by atoms with E-state index in [0.29, 0.717) is 0 Å². The van der Waals surface area contributed by atoms with E-state index in [4.69, 9.17) is 0 Å². The molecule has 15 heavy (non-hydrogen) atoms. The van der Waals surface area contributed by atoms with Crippen LogP contribution in [0.3, 0.4) is 0 Å². The summed E-state index contributed by atoms with van der Waals surface area (Å²) in [5.74, 6) is 0. The predicted molar refractivity (Wildman–Crippen MR) is 78.6 cm³/mol. The summed E-state index contributed by atoms with van der Waals surface area (Å²) in [6, 6.07) is 0. The van der Waals surface area contributed by atoms with Gasteiger partial charge in [0.1, 0.15) is 0 Å². The second-order valence-corrected chi connectivity index (χ2v) is 3.68. The van der Waals surface area contributed by atoms with Crippen molar-refractivity contribution in [2.75, 3.05) is 0 Å². The van der Waals surface area contributed by atoms with Gasteiger partial charge < -0.3 is 0 Å². The van der Waals surface area contributed by atoms with Crippen molar-refractivity contribution in [3.05, 3.63) is 6.92 Å². The van der Waals surface area contributed by atoms with E-state index in [2.05, 4.69) is 13.8 Å². The summed E-state index contributed by atoms with van der Waals surface area (Å²) in [5, 5.41) is 0. The molecule has 0 rings (SSSR count). The minimum atomic E-state index is 0. The third kappa shape index (κ3) is 26.6. The van der Waals surface area contributed by atoms with Gasteiger partial charge in [0.2, 0.25) is 0 Å². The monoisotopic (exact) mass is 241 g/mol. The van der Waals surface area contributed by atoms with E-state index in [9.17, 15) is 0 Å². The Kier molecular flexibility index (Phi) is 45.6. The second kappa shape index (κ2) is 25.8. The van der Waals surface area contributed by atoms with Crippen LogP contribution in [0.4, 0.5) is 0 Å². The van der Waals surface area contributed by atoms with Gasteiger partial charge in [-0.15, -0.1) is 0 Å². The second-order valence-electron chi connectivity index (χ2n) is 3.68. The number of rotatable bonds is 9. The Morgan fingerprint density at radius 2 is 0.933 bits per heavy atom. The van der Waals surface area contributed by atoms with Crippen LogP contribution in [0.15, 0.2) is 0 Å². The zero-order valence-electron chi connectivity index (χ0n) is 8.78. The van der Waals surface area contributed by atoms with Crippen LogP contribution in [0.2, 0.25) is 0 Å². The van der Waals surface area contributed by atoms with Crippen molar-refractivity contribution in [3.8, 4) is 0 Å². The van der Waals surface area contributed by atoms with E-state index in [-0.39, 0.29) is 88.7 Å². The molecule has 0 saturated carbocycles. The molecule has 0 nitrogen and oxygen atoms in total. The molecular formula is C12H28Na3. The molecule has 0 spiro atoms. The van der Waals surface area contributed by atoms with Crippen molar-refractivity contribution in [2.45, 2.75) is 71.1 Å². The molecule has 3 heteroatoms. The molecule has 0 fully saturated rings. The van der Waals surface area contributed by atoms with E-state index in [1.165, 1.54) is 57.8 Å². The van der Waals surface area contributed by atoms with Crippen LogP contribution in [0.5, 0.6) is 0 Å². The standard InChI is InChI=1S/C12H25.3Na.3H/c1-3-5-7-9-11-12-10-8-6-4-2;;;;;;/h1,3-12H2,2H3;;;;;;. The summed E-state index contributed by atoms with van der Waals surface area (Å²) in [5.41, 5.74) is 0. The Labute approximate surface area is 164 Å². The molecule has 79 valence electrons. The van der Waals surface area contributed by atoms with Crippen LogP contribution >= 0.6 is 0 Å². The zero-order valence-corrected chi connectivity index (χ0v) is 8.78. The Bertz CT molecular complexity index is 67.3. The fourth-order valence-corrected chi connectivity index (χ4v) is 1.49. The van der Waals surface area contributed by atoms with Gasteiger partial charge in [-0.05, 0) is 0 Å². The molecule has 0 bridgehead atoms. The van der Waals surface area contributed by atoms with Gasteiger partial charge in [0.05, 0.1) is 0 Å². The van der Waals surface area contributed by atoms with Gasteiger partial charge >= 0.3 is 88.7 Å². The summed E-state index contributed by atoms with van der Waals surface area (Å²) >= 11 is 0. The van der Waals surface area contributed by atoms with Crippen molar-refractivity contribution in [2.24, 2.45) is 0 Å². The van der Waals surface area contributed by atoms with Gasteiger partial charge in [-0.3, -0.25) is 0 Å². The Morgan fingerprint density at radius 3 is 1.27 bits per heavy atom. The van der Waals surface area contributed by atoms with Crippen molar-refractivity contribution >= 4 is 88.7 Å². The minimum absolute atomic E-state index is 0. The molecule has 0 aliphatic carbocycles. The van der Waals surface area contributed by atoms with E-state index < -0.39 is 0 Å². The summed E-state index contributed by atoms with van der Waals surface area (Å²) in [4.78, 5) is 0. The molecule has 0 atom stereocenters. The molecule has 0 aliphatic heterocycles. The van der Waals surface area contributed by atoms with Gasteiger partial charge in [-0.1, -0.05) is 78.1 Å². The molecule has 0 heterocycles. The van der Waals surface area contributed by atoms with Crippen LogP contribution in [0.25, 0.3) is 0 Å². The molecule has 0 aromatic carbocycles. The first-order valence-corrected chi connectivity index (χ1v) is 5.71. The molecule has 0 aromatic rings. The van der Waals surface area contributed by atoms with Crippen molar-refractivity contribution < 1.29 is 0 Å². The number of unbranched alkanes of at least 4 members (excludes halogenated alkanes) is 9. The van der Waals surface area contributed by atoms with Gasteiger partial charge in [-0.25, -0.2) is 0 Å². The maximum atomic E-state index is 3.84. The Morgan fingerprint density at radius 1 is 0.600 bits per heavy atom. The fraction of sp³-hybridized carbons (Fsp3) is 0.917. The van der Waals surface area contributed by atoms with Crippen LogP contribution in [-0.4, -0.2) is 88.7 Å². The first-order valence-electron chi connectivity index (χ1n) is 5.71. The summed E-state index contributed by atoms with van der Waals surface area (Å²) in [7, 11) is 0. The third-order valence-corrected chi connectivity index (χ3v) is 2.35. The van der Waals surface area contributed by atoms with Crippen LogP contribution in [0.1, 0.15) is 71.1 Å². The van der Waals surface area contributed by atoms with Gasteiger partial charge in [-0.2, -0.15) is 0 Å². The molecular weight excluding hydrogens is 213 g/mol. The van der Waals surface area contributed by atoms with E-state index in [1.807, 2.05) is 0 Å². The van der Waals surface area contributed by atoms with Gasteiger partial charge in [0.15, 0.2) is 0 Å². The maximum absolute atomic E-state index is 3.84. The van der Waals surface area contributed by atoms with E-state index in [1.54, 1.807) is 0 Å². The Balaban J connectivity index is -0.000000202. The summed E-state index contributed by atoms with van der Waals surface area (Å²) in [6.07, 6.45) is 13.9. The molecule has 0 aliphatic rings. The molecule has 0 amide bonds. The third-order valence-electron chi connectivity index (χ3n) is 2.35. The average Bonchev–Trinajstić information content (AvgIpc) is 2.10. The normalized spacial score (nSPS) is 8.40. The molecule has 0 aromatic heterocycles. The van der Waals surface area contributed by atoms with E-state index in [0.717, 1.165) is 6.42 Å². The predicted octanol–water partition coefficient (Wildman–Crippen LogP) is 2.80. The van der Waals surface area contributed by atoms with Crippen molar-refractivity contribution in [1.29, 1.82) is 0 Å². The molecule has 0 unspecified atom stereocenters. The van der Waals surface area contributed by atoms with Crippen molar-refractivity contribution in [1.82, 2.24) is 0 Å². The summed E-state index contributed by atoms with van der Waals surface area (Å²) < 4.78 is 0. The van der Waals surface area contributed by atoms with Gasteiger partial charge in [0, 0.05) is 0 Å². The van der Waals surface area contributed by atoms with Crippen LogP contribution in [-0.2, 0) is 0 Å². The van der Waals surface area contributed by atoms with Crippen LogP contribution < -0.4 is 0 Å². The molecule has 0 N–H and O–H groups in total. The Hall–Kier alpha value is 3.00. The van der Waals surface area contributed by atoms with Crippen LogP contribution in [0, 0.1) is 6.92 Å². The fourth-order valence-electron chi connectivity index (χ4n) is 1.49. The average molecular weight is 241 g/mol. The quantitative estimate of drug-likeness (QED) is 0.430. The SMILES string of the molecule is [CH2]CCCCCCCCCCC.[NaH].[NaH].[NaH]. The topological polar surface area (TPSA) is 0 Å². The number of hydrogen-bond donors (Lipinski definition) is 0. The van der Waals surface area contributed by atoms with Crippen molar-refractivity contribution in [3.63, 3.8) is 0 Å². The van der Waals surface area contributed by atoms with E-state index >= 15 is 0 Å².